The van der Waals surface area contributed by atoms with E-state index in [0.717, 1.165) is 12.0 Å². The highest BCUT2D eigenvalue weighted by atomic mass is 19.1. The Morgan fingerprint density at radius 3 is 2.53 bits per heavy atom. The van der Waals surface area contributed by atoms with Crippen LogP contribution in [0.15, 0.2) is 24.3 Å². The average Bonchev–Trinajstić information content (AvgIpc) is 2.31. The Labute approximate surface area is 104 Å². The van der Waals surface area contributed by atoms with Gasteiger partial charge in [0.25, 0.3) is 0 Å². The zero-order chi connectivity index (χ0) is 12.8. The maximum atomic E-state index is 13.5. The fourth-order valence-electron chi connectivity index (χ4n) is 1.86. The molecule has 0 fully saturated rings. The van der Waals surface area contributed by atoms with Crippen molar-refractivity contribution in [1.82, 2.24) is 10.2 Å². The van der Waals surface area contributed by atoms with Gasteiger partial charge in [0.1, 0.15) is 5.82 Å². The normalized spacial score (nSPS) is 14.9. The number of nitrogens with one attached hydrogen (secondary N) is 1. The van der Waals surface area contributed by atoms with Crippen LogP contribution in [-0.2, 0) is 6.54 Å². The fraction of sp³-hybridized carbons (Fsp3) is 0.571. The summed E-state index contributed by atoms with van der Waals surface area (Å²) in [6, 6.07) is 7.88. The van der Waals surface area contributed by atoms with Gasteiger partial charge in [0, 0.05) is 24.2 Å². The first-order valence-electron chi connectivity index (χ1n) is 6.15. The Hall–Kier alpha value is -0.930. The van der Waals surface area contributed by atoms with Crippen molar-refractivity contribution in [2.24, 2.45) is 0 Å². The Kier molecular flexibility index (Phi) is 5.59. The third-order valence-corrected chi connectivity index (χ3v) is 3.32. The number of rotatable bonds is 6. The van der Waals surface area contributed by atoms with Crippen molar-refractivity contribution < 1.29 is 4.39 Å². The zero-order valence-electron chi connectivity index (χ0n) is 11.2. The van der Waals surface area contributed by atoms with Crippen LogP contribution in [0.25, 0.3) is 0 Å². The number of nitrogens with zero attached hydrogens (tertiary/aromatic N) is 1. The Morgan fingerprint density at radius 2 is 1.94 bits per heavy atom. The molecule has 1 aromatic rings. The first-order valence-corrected chi connectivity index (χ1v) is 6.15. The van der Waals surface area contributed by atoms with E-state index < -0.39 is 0 Å². The summed E-state index contributed by atoms with van der Waals surface area (Å²) in [6.07, 6.45) is 1.06. The third-order valence-electron chi connectivity index (χ3n) is 3.32. The van der Waals surface area contributed by atoms with Crippen LogP contribution in [0.5, 0.6) is 0 Å². The molecule has 0 saturated heterocycles. The molecule has 1 N–H and O–H groups in total. The van der Waals surface area contributed by atoms with Crippen molar-refractivity contribution >= 4 is 0 Å². The molecule has 0 spiro atoms. The summed E-state index contributed by atoms with van der Waals surface area (Å²) in [7, 11) is 4.01. The maximum Gasteiger partial charge on any atom is 0.127 e. The van der Waals surface area contributed by atoms with Crippen molar-refractivity contribution in [3.63, 3.8) is 0 Å². The van der Waals surface area contributed by atoms with Crippen molar-refractivity contribution in [1.29, 1.82) is 0 Å². The minimum atomic E-state index is -0.117. The molecule has 2 nitrogen and oxygen atoms in total. The van der Waals surface area contributed by atoms with Gasteiger partial charge in [-0.1, -0.05) is 18.2 Å². The summed E-state index contributed by atoms with van der Waals surface area (Å²) in [5, 5.41) is 3.23. The highest BCUT2D eigenvalue weighted by molar-refractivity contribution is 5.17. The van der Waals surface area contributed by atoms with Gasteiger partial charge in [0.05, 0.1) is 0 Å². The molecule has 0 aliphatic heterocycles. The lowest BCUT2D eigenvalue weighted by atomic mass is 10.1. The standard InChI is InChI=1S/C14H23FN2/c1-11(16-3)9-12(2)17(4)10-13-7-5-6-8-14(13)15/h5-8,11-12,16H,9-10H2,1-4H3. The Morgan fingerprint density at radius 1 is 1.29 bits per heavy atom. The van der Waals surface area contributed by atoms with Gasteiger partial charge in [-0.2, -0.15) is 0 Å². The van der Waals surface area contributed by atoms with Gasteiger partial charge in [0.2, 0.25) is 0 Å². The van der Waals surface area contributed by atoms with E-state index in [4.69, 9.17) is 0 Å². The van der Waals surface area contributed by atoms with Crippen LogP contribution >= 0.6 is 0 Å². The highest BCUT2D eigenvalue weighted by Crippen LogP contribution is 2.12. The van der Waals surface area contributed by atoms with Crippen LogP contribution in [-0.4, -0.2) is 31.1 Å². The van der Waals surface area contributed by atoms with Gasteiger partial charge in [-0.15, -0.1) is 0 Å². The molecule has 17 heavy (non-hydrogen) atoms. The van der Waals surface area contributed by atoms with E-state index in [2.05, 4.69) is 24.1 Å². The van der Waals surface area contributed by atoms with Crippen LogP contribution in [0.2, 0.25) is 0 Å². The van der Waals surface area contributed by atoms with E-state index in [1.807, 2.05) is 26.2 Å². The second-order valence-electron chi connectivity index (χ2n) is 4.78. The summed E-state index contributed by atoms with van der Waals surface area (Å²) in [5.41, 5.74) is 0.763. The molecule has 0 heterocycles. The molecule has 96 valence electrons. The number of benzene rings is 1. The molecule has 2 atom stereocenters. The third kappa shape index (κ3) is 4.44. The Bertz CT molecular complexity index is 341. The van der Waals surface area contributed by atoms with Crippen LogP contribution in [0, 0.1) is 5.82 Å². The van der Waals surface area contributed by atoms with Crippen LogP contribution < -0.4 is 5.32 Å². The van der Waals surface area contributed by atoms with E-state index in [9.17, 15) is 4.39 Å². The maximum absolute atomic E-state index is 13.5. The lowest BCUT2D eigenvalue weighted by Crippen LogP contribution is -2.35. The predicted octanol–water partition coefficient (Wildman–Crippen LogP) is 2.64. The Balaban J connectivity index is 2.54. The van der Waals surface area contributed by atoms with Crippen LogP contribution in [0.4, 0.5) is 4.39 Å². The van der Waals surface area contributed by atoms with Gasteiger partial charge < -0.3 is 5.32 Å². The minimum absolute atomic E-state index is 0.117. The number of halogens is 1. The molecule has 1 rings (SSSR count). The molecule has 0 amide bonds. The monoisotopic (exact) mass is 238 g/mol. The minimum Gasteiger partial charge on any atom is -0.317 e. The lowest BCUT2D eigenvalue weighted by molar-refractivity contribution is 0.222. The molecule has 0 radical (unpaired) electrons. The molecule has 3 heteroatoms. The van der Waals surface area contributed by atoms with E-state index in [1.54, 1.807) is 6.07 Å². The molecule has 0 aromatic heterocycles. The van der Waals surface area contributed by atoms with E-state index in [0.29, 0.717) is 18.6 Å². The van der Waals surface area contributed by atoms with Gasteiger partial charge in [-0.05, 0) is 40.4 Å². The quantitative estimate of drug-likeness (QED) is 0.819. The van der Waals surface area contributed by atoms with E-state index >= 15 is 0 Å². The van der Waals surface area contributed by atoms with Crippen molar-refractivity contribution in [3.05, 3.63) is 35.6 Å². The molecule has 2 unspecified atom stereocenters. The molecule has 0 bridgehead atoms. The van der Waals surface area contributed by atoms with Crippen molar-refractivity contribution in [2.45, 2.75) is 38.9 Å². The summed E-state index contributed by atoms with van der Waals surface area (Å²) in [4.78, 5) is 2.19. The second kappa shape index (κ2) is 6.72. The van der Waals surface area contributed by atoms with Gasteiger partial charge >= 0.3 is 0 Å². The first kappa shape index (κ1) is 14.1. The van der Waals surface area contributed by atoms with Crippen molar-refractivity contribution in [3.8, 4) is 0 Å². The molecular formula is C14H23FN2. The number of hydrogen-bond donors (Lipinski definition) is 1. The molecule has 0 aliphatic rings. The van der Waals surface area contributed by atoms with E-state index in [1.165, 1.54) is 6.07 Å². The number of hydrogen-bond acceptors (Lipinski definition) is 2. The van der Waals surface area contributed by atoms with E-state index in [-0.39, 0.29) is 5.82 Å². The first-order chi connectivity index (χ1) is 8.04. The molecular weight excluding hydrogens is 215 g/mol. The van der Waals surface area contributed by atoms with Gasteiger partial charge in [-0.3, -0.25) is 4.90 Å². The summed E-state index contributed by atoms with van der Waals surface area (Å²) >= 11 is 0. The summed E-state index contributed by atoms with van der Waals surface area (Å²) in [5.74, 6) is -0.117. The predicted molar refractivity (Wildman–Crippen MR) is 70.5 cm³/mol. The van der Waals surface area contributed by atoms with Crippen molar-refractivity contribution in [2.75, 3.05) is 14.1 Å². The summed E-state index contributed by atoms with van der Waals surface area (Å²) < 4.78 is 13.5. The summed E-state index contributed by atoms with van der Waals surface area (Å²) in [6.45, 7) is 4.99. The van der Waals surface area contributed by atoms with Gasteiger partial charge in [0.15, 0.2) is 0 Å². The molecule has 1 aromatic carbocycles. The average molecular weight is 238 g/mol. The molecule has 0 aliphatic carbocycles. The zero-order valence-corrected chi connectivity index (χ0v) is 11.2. The van der Waals surface area contributed by atoms with Crippen LogP contribution in [0.3, 0.4) is 0 Å². The largest absolute Gasteiger partial charge is 0.317 e. The van der Waals surface area contributed by atoms with Crippen LogP contribution in [0.1, 0.15) is 25.8 Å². The topological polar surface area (TPSA) is 15.3 Å². The fourth-order valence-corrected chi connectivity index (χ4v) is 1.86. The SMILES string of the molecule is CNC(C)CC(C)N(C)Cc1ccccc1F. The second-order valence-corrected chi connectivity index (χ2v) is 4.78. The lowest BCUT2D eigenvalue weighted by Gasteiger charge is -2.27. The highest BCUT2D eigenvalue weighted by Gasteiger charge is 2.13. The molecule has 0 saturated carbocycles. The van der Waals surface area contributed by atoms with Gasteiger partial charge in [-0.25, -0.2) is 4.39 Å². The smallest absolute Gasteiger partial charge is 0.127 e.